The van der Waals surface area contributed by atoms with E-state index in [1.54, 1.807) is 0 Å². The Kier molecular flexibility index (Phi) is 4.10. The minimum Gasteiger partial charge on any atom is -0.456 e. The van der Waals surface area contributed by atoms with Crippen molar-refractivity contribution in [3.63, 3.8) is 0 Å². The molecule has 2 aliphatic heterocycles. The maximum Gasteiger partial charge on any atom is 0.327 e. The summed E-state index contributed by atoms with van der Waals surface area (Å²) < 4.78 is 24.1. The minimum atomic E-state index is -1.78. The number of nitrogens with zero attached hydrogens (tertiary/aromatic N) is 2. The molecule has 2 aromatic heterocycles. The summed E-state index contributed by atoms with van der Waals surface area (Å²) in [4.78, 5) is 12.2. The van der Waals surface area contributed by atoms with Crippen molar-refractivity contribution < 1.29 is 18.3 Å². The molecule has 8 heteroatoms. The molecule has 4 heterocycles. The second kappa shape index (κ2) is 6.05. The van der Waals surface area contributed by atoms with Gasteiger partial charge in [0.05, 0.1) is 18.7 Å². The van der Waals surface area contributed by atoms with Gasteiger partial charge < -0.3 is 23.3 Å². The Morgan fingerprint density at radius 1 is 1.24 bits per heavy atom. The van der Waals surface area contributed by atoms with Crippen LogP contribution in [0.2, 0.25) is 5.04 Å². The van der Waals surface area contributed by atoms with E-state index in [0.29, 0.717) is 24.9 Å². The Balaban J connectivity index is 1.52. The van der Waals surface area contributed by atoms with Gasteiger partial charge in [-0.05, 0) is 25.5 Å². The van der Waals surface area contributed by atoms with Crippen LogP contribution in [-0.4, -0.2) is 55.8 Å². The van der Waals surface area contributed by atoms with Crippen LogP contribution in [0, 0.1) is 13.8 Å². The third kappa shape index (κ3) is 3.19. The topological polar surface area (TPSA) is 78.5 Å². The molecule has 0 saturated carbocycles. The molecule has 136 valence electrons. The fourth-order valence-corrected chi connectivity index (χ4v) is 5.18. The number of H-pyrrole nitrogens is 1. The van der Waals surface area contributed by atoms with Gasteiger partial charge in [0.1, 0.15) is 12.2 Å². The maximum atomic E-state index is 6.28. The maximum absolute atomic E-state index is 6.28. The van der Waals surface area contributed by atoms with Crippen LogP contribution < -0.4 is 4.74 Å². The van der Waals surface area contributed by atoms with E-state index in [1.165, 1.54) is 0 Å². The molecular formula is C17H25N3O4Si. The van der Waals surface area contributed by atoms with E-state index in [-0.39, 0.29) is 23.4 Å². The zero-order valence-electron chi connectivity index (χ0n) is 15.3. The van der Waals surface area contributed by atoms with Crippen molar-refractivity contribution in [2.45, 2.75) is 58.0 Å². The highest BCUT2D eigenvalue weighted by molar-refractivity contribution is 6.48. The molecule has 1 N–H and O–H groups in total. The number of aromatic amines is 1. The molecule has 2 fully saturated rings. The van der Waals surface area contributed by atoms with Gasteiger partial charge in [-0.15, -0.1) is 0 Å². The molecule has 0 spiro atoms. The van der Waals surface area contributed by atoms with Crippen LogP contribution in [0.15, 0.2) is 6.07 Å². The van der Waals surface area contributed by atoms with Gasteiger partial charge >= 0.3 is 9.28 Å². The monoisotopic (exact) mass is 363 g/mol. The molecule has 0 radical (unpaired) electrons. The lowest BCUT2D eigenvalue weighted by Crippen LogP contribution is -2.52. The summed E-state index contributed by atoms with van der Waals surface area (Å²) in [6.45, 7) is 11.5. The zero-order chi connectivity index (χ0) is 17.8. The average molecular weight is 363 g/mol. The summed E-state index contributed by atoms with van der Waals surface area (Å²) in [5, 5.41) is 0.0381. The van der Waals surface area contributed by atoms with Crippen LogP contribution in [0.1, 0.15) is 32.0 Å². The normalized spacial score (nSPS) is 29.8. The Bertz CT molecular complexity index is 749. The molecule has 2 aliphatic rings. The van der Waals surface area contributed by atoms with E-state index < -0.39 is 9.28 Å². The molecule has 1 unspecified atom stereocenters. The van der Waals surface area contributed by atoms with Crippen molar-refractivity contribution in [3.05, 3.63) is 17.3 Å². The van der Waals surface area contributed by atoms with E-state index in [0.717, 1.165) is 16.8 Å². The summed E-state index contributed by atoms with van der Waals surface area (Å²) in [6.07, 6.45) is -0.355. The van der Waals surface area contributed by atoms with E-state index >= 15 is 0 Å². The van der Waals surface area contributed by atoms with E-state index in [9.17, 15) is 0 Å². The average Bonchev–Trinajstić information content (AvgIpc) is 3.11. The number of hydrogen-bond donors (Lipinski definition) is 1. The molecule has 0 aromatic carbocycles. The van der Waals surface area contributed by atoms with E-state index in [2.05, 4.69) is 35.7 Å². The van der Waals surface area contributed by atoms with Crippen LogP contribution in [0.4, 0.5) is 0 Å². The van der Waals surface area contributed by atoms with Gasteiger partial charge in [0.25, 0.3) is 6.01 Å². The minimum absolute atomic E-state index is 0.0381. The molecule has 2 aromatic rings. The largest absolute Gasteiger partial charge is 0.456 e. The Labute approximate surface area is 148 Å². The SMILES string of the molecule is Cc1cc2[nH]c(O[C@H]3CO[C@@H]4CO[SiH](C(C)(C)C)O[C@@H]34)nc2nc1C. The number of pyridine rings is 1. The summed E-state index contributed by atoms with van der Waals surface area (Å²) >= 11 is 0. The highest BCUT2D eigenvalue weighted by Gasteiger charge is 2.48. The quantitative estimate of drug-likeness (QED) is 0.824. The van der Waals surface area contributed by atoms with Crippen LogP contribution in [0.3, 0.4) is 0 Å². The van der Waals surface area contributed by atoms with Crippen molar-refractivity contribution in [1.29, 1.82) is 0 Å². The van der Waals surface area contributed by atoms with E-state index in [1.807, 2.05) is 19.9 Å². The van der Waals surface area contributed by atoms with Crippen LogP contribution in [-0.2, 0) is 13.6 Å². The highest BCUT2D eigenvalue weighted by atomic mass is 28.3. The van der Waals surface area contributed by atoms with Gasteiger partial charge in [-0.2, -0.15) is 4.98 Å². The number of aryl methyl sites for hydroxylation is 2. The third-order valence-electron chi connectivity index (χ3n) is 4.77. The third-order valence-corrected chi connectivity index (χ3v) is 7.24. The number of nitrogens with one attached hydrogen (secondary N) is 1. The smallest absolute Gasteiger partial charge is 0.327 e. The van der Waals surface area contributed by atoms with Gasteiger partial charge in [-0.3, -0.25) is 0 Å². The summed E-state index contributed by atoms with van der Waals surface area (Å²) in [6, 6.07) is 2.50. The number of fused-ring (bicyclic) bond motifs is 2. The fourth-order valence-electron chi connectivity index (χ4n) is 3.19. The molecule has 25 heavy (non-hydrogen) atoms. The van der Waals surface area contributed by atoms with Crippen molar-refractivity contribution >= 4 is 20.4 Å². The number of imidazole rings is 1. The first-order valence-electron chi connectivity index (χ1n) is 8.70. The standard InChI is InChI=1S/C17H25N3O4Si/c1-9-6-11-15(18-10(9)2)20-16(19-11)23-13-7-21-12-8-22-25(17(3,4)5)24-14(12)13/h6,12-14,25H,7-8H2,1-5H3,(H,18,19,20)/t12-,13+,14-,25?/m1/s1. The second-order valence-corrected chi connectivity index (χ2v) is 11.0. The summed E-state index contributed by atoms with van der Waals surface area (Å²) in [7, 11) is -1.78. The van der Waals surface area contributed by atoms with Crippen molar-refractivity contribution in [2.75, 3.05) is 13.2 Å². The molecule has 0 amide bonds. The first-order valence-corrected chi connectivity index (χ1v) is 10.2. The number of rotatable bonds is 2. The van der Waals surface area contributed by atoms with Crippen molar-refractivity contribution in [1.82, 2.24) is 15.0 Å². The van der Waals surface area contributed by atoms with Crippen LogP contribution >= 0.6 is 0 Å². The lowest BCUT2D eigenvalue weighted by molar-refractivity contribution is -0.0452. The van der Waals surface area contributed by atoms with E-state index in [4.69, 9.17) is 18.3 Å². The molecule has 2 saturated heterocycles. The molecule has 4 rings (SSSR count). The lowest BCUT2D eigenvalue weighted by atomic mass is 10.1. The Morgan fingerprint density at radius 2 is 2.04 bits per heavy atom. The van der Waals surface area contributed by atoms with Gasteiger partial charge in [-0.1, -0.05) is 20.8 Å². The molecule has 0 bridgehead atoms. The predicted octanol–water partition coefficient (Wildman–Crippen LogP) is 2.16. The molecule has 4 atom stereocenters. The van der Waals surface area contributed by atoms with Crippen LogP contribution in [0.25, 0.3) is 11.2 Å². The molecular weight excluding hydrogens is 338 g/mol. The highest BCUT2D eigenvalue weighted by Crippen LogP contribution is 2.35. The van der Waals surface area contributed by atoms with Crippen molar-refractivity contribution in [3.8, 4) is 6.01 Å². The second-order valence-electron chi connectivity index (χ2n) is 7.96. The van der Waals surface area contributed by atoms with Gasteiger partial charge in [0.15, 0.2) is 11.8 Å². The first-order chi connectivity index (χ1) is 11.8. The number of aromatic nitrogens is 3. The Hall–Kier alpha value is -1.48. The fraction of sp³-hybridized carbons (Fsp3) is 0.647. The van der Waals surface area contributed by atoms with Gasteiger partial charge in [0.2, 0.25) is 0 Å². The summed E-state index contributed by atoms with van der Waals surface area (Å²) in [5.41, 5.74) is 3.65. The molecule has 7 nitrogen and oxygen atoms in total. The number of ether oxygens (including phenoxy) is 2. The summed E-state index contributed by atoms with van der Waals surface area (Å²) in [5.74, 6) is 0. The van der Waals surface area contributed by atoms with Gasteiger partial charge in [0, 0.05) is 10.7 Å². The predicted molar refractivity (Wildman–Crippen MR) is 95.2 cm³/mol. The zero-order valence-corrected chi connectivity index (χ0v) is 16.5. The molecule has 0 aliphatic carbocycles. The van der Waals surface area contributed by atoms with Crippen molar-refractivity contribution in [2.24, 2.45) is 0 Å². The first kappa shape index (κ1) is 17.0. The Morgan fingerprint density at radius 3 is 2.80 bits per heavy atom. The van der Waals surface area contributed by atoms with Crippen LogP contribution in [0.5, 0.6) is 6.01 Å². The number of hydrogen-bond acceptors (Lipinski definition) is 6. The van der Waals surface area contributed by atoms with Gasteiger partial charge in [-0.25, -0.2) is 4.98 Å². The lowest BCUT2D eigenvalue weighted by Gasteiger charge is -2.38.